The molecule has 3 aromatic rings. The van der Waals surface area contributed by atoms with Crippen molar-refractivity contribution in [3.8, 4) is 22.8 Å². The van der Waals surface area contributed by atoms with E-state index in [0.29, 0.717) is 69.7 Å². The maximum absolute atomic E-state index is 14.8. The number of nitrogens with one attached hydrogen (secondary N) is 1. The SMILES string of the molecule is COc1cc(C(=O)NC[C@H](c2cc3c(c(-c4cc(F)c(F)cc4C)n2)OC[C@]3(C)C(N)=O)C2CC2)cc2c1=CCN(C1(F)CC1)C=2. The molecule has 2 fully saturated rings. The van der Waals surface area contributed by atoms with E-state index in [2.05, 4.69) is 5.32 Å². The van der Waals surface area contributed by atoms with Crippen LogP contribution in [0.25, 0.3) is 23.5 Å². The van der Waals surface area contributed by atoms with Crippen molar-refractivity contribution in [1.82, 2.24) is 15.2 Å². The molecule has 2 aliphatic carbocycles. The number of aromatic nitrogens is 1. The van der Waals surface area contributed by atoms with Gasteiger partial charge in [-0.05, 0) is 68.5 Å². The largest absolute Gasteiger partial charge is 0.496 e. The number of aryl methyl sites for hydroxylation is 1. The topological polar surface area (TPSA) is 107 Å². The third-order valence-electron chi connectivity index (χ3n) is 9.83. The molecule has 4 aliphatic rings. The number of hydrogen-bond acceptors (Lipinski definition) is 6. The number of fused-ring (bicyclic) bond motifs is 2. The van der Waals surface area contributed by atoms with Crippen LogP contribution in [0, 0.1) is 24.5 Å². The van der Waals surface area contributed by atoms with Gasteiger partial charge in [-0.3, -0.25) is 9.59 Å². The summed E-state index contributed by atoms with van der Waals surface area (Å²) in [6.45, 7) is 3.98. The van der Waals surface area contributed by atoms with E-state index in [1.807, 2.05) is 6.08 Å². The molecule has 0 radical (unpaired) electrons. The molecular weight excluding hydrogens is 597 g/mol. The smallest absolute Gasteiger partial charge is 0.251 e. The molecule has 0 spiro atoms. The molecule has 240 valence electrons. The van der Waals surface area contributed by atoms with Crippen molar-refractivity contribution in [2.45, 2.75) is 56.7 Å². The van der Waals surface area contributed by atoms with Gasteiger partial charge in [0.05, 0.1) is 7.11 Å². The molecule has 0 bridgehead atoms. The Morgan fingerprint density at radius 3 is 2.59 bits per heavy atom. The van der Waals surface area contributed by atoms with E-state index in [0.717, 1.165) is 30.2 Å². The van der Waals surface area contributed by atoms with Crippen molar-refractivity contribution >= 4 is 24.1 Å². The molecule has 2 amide bonds. The van der Waals surface area contributed by atoms with E-state index in [1.54, 1.807) is 43.1 Å². The maximum Gasteiger partial charge on any atom is 0.251 e. The Hall–Kier alpha value is -4.54. The second kappa shape index (κ2) is 10.8. The summed E-state index contributed by atoms with van der Waals surface area (Å²) >= 11 is 0. The normalized spacial score (nSPS) is 21.2. The Balaban J connectivity index is 1.24. The number of nitrogens with two attached hydrogens (primary N) is 1. The fraction of sp³-hybridized carbons (Fsp3) is 0.400. The first-order valence-electron chi connectivity index (χ1n) is 15.5. The lowest BCUT2D eigenvalue weighted by molar-refractivity contribution is -0.123. The molecule has 2 saturated carbocycles. The lowest BCUT2D eigenvalue weighted by atomic mass is 9.82. The predicted molar refractivity (Wildman–Crippen MR) is 165 cm³/mol. The van der Waals surface area contributed by atoms with Crippen LogP contribution in [0.1, 0.15) is 65.7 Å². The molecule has 0 unspecified atom stereocenters. The Morgan fingerprint density at radius 2 is 1.91 bits per heavy atom. The van der Waals surface area contributed by atoms with Gasteiger partial charge in [-0.1, -0.05) is 6.08 Å². The van der Waals surface area contributed by atoms with Crippen LogP contribution in [0.2, 0.25) is 0 Å². The van der Waals surface area contributed by atoms with E-state index < -0.39 is 28.7 Å². The monoisotopic (exact) mass is 632 g/mol. The summed E-state index contributed by atoms with van der Waals surface area (Å²) in [4.78, 5) is 32.8. The zero-order chi connectivity index (χ0) is 32.5. The van der Waals surface area contributed by atoms with Crippen LogP contribution in [-0.2, 0) is 10.2 Å². The summed E-state index contributed by atoms with van der Waals surface area (Å²) in [5, 5.41) is 4.57. The number of nitrogens with zero attached hydrogens (tertiary/aromatic N) is 2. The lowest BCUT2D eigenvalue weighted by Gasteiger charge is -2.25. The second-order valence-corrected chi connectivity index (χ2v) is 13.1. The number of methoxy groups -OCH3 is 1. The Morgan fingerprint density at radius 1 is 1.17 bits per heavy atom. The number of carbonyl (C=O) groups excluding carboxylic acids is 2. The summed E-state index contributed by atoms with van der Waals surface area (Å²) in [6.07, 6.45) is 6.45. The first-order chi connectivity index (χ1) is 21.9. The standard InChI is InChI=1S/C35H35F3N4O4/c1-18-10-26(36)27(37)13-23(18)30-31-25(34(2,17-46-31)33(39)44)14-28(41-30)24(19-4-5-19)15-40-32(43)20-11-21-16-42(35(38)7-8-35)9-6-22(21)29(12-20)45-3/h6,10-14,16,19,24H,4-5,7-9,15,17H2,1-3H3,(H2,39,44)(H,40,43)/t24-,34-/m0/s1. The zero-order valence-corrected chi connectivity index (χ0v) is 25.9. The highest BCUT2D eigenvalue weighted by atomic mass is 19.2. The molecule has 2 aliphatic heterocycles. The van der Waals surface area contributed by atoms with Gasteiger partial charge in [0.2, 0.25) is 5.91 Å². The number of ether oxygens (including phenoxy) is 2. The van der Waals surface area contributed by atoms with Gasteiger partial charge >= 0.3 is 0 Å². The van der Waals surface area contributed by atoms with Gasteiger partial charge < -0.3 is 25.4 Å². The minimum Gasteiger partial charge on any atom is -0.496 e. The summed E-state index contributed by atoms with van der Waals surface area (Å²) in [5.41, 5.74) is 7.25. The van der Waals surface area contributed by atoms with E-state index >= 15 is 0 Å². The van der Waals surface area contributed by atoms with Crippen LogP contribution in [0.5, 0.6) is 11.5 Å². The van der Waals surface area contributed by atoms with Crippen LogP contribution in [0.4, 0.5) is 13.2 Å². The number of carbonyl (C=O) groups is 2. The molecule has 8 nitrogen and oxygen atoms in total. The minimum atomic E-state index is -1.34. The highest BCUT2D eigenvalue weighted by molar-refractivity contribution is 5.95. The van der Waals surface area contributed by atoms with Gasteiger partial charge in [0, 0.05) is 70.9 Å². The molecule has 2 aromatic carbocycles. The van der Waals surface area contributed by atoms with Crippen LogP contribution in [-0.4, -0.2) is 54.3 Å². The summed E-state index contributed by atoms with van der Waals surface area (Å²) in [5.74, 6) is -3.46. The van der Waals surface area contributed by atoms with Crippen LogP contribution < -0.4 is 31.0 Å². The lowest BCUT2D eigenvalue weighted by Crippen LogP contribution is -2.41. The van der Waals surface area contributed by atoms with Crippen molar-refractivity contribution in [3.63, 3.8) is 0 Å². The zero-order valence-electron chi connectivity index (χ0n) is 25.9. The van der Waals surface area contributed by atoms with Crippen LogP contribution in [0.3, 0.4) is 0 Å². The number of pyridine rings is 1. The van der Waals surface area contributed by atoms with Crippen LogP contribution >= 0.6 is 0 Å². The molecule has 3 N–H and O–H groups in total. The number of halogens is 3. The van der Waals surface area contributed by atoms with Crippen LogP contribution in [0.15, 0.2) is 30.3 Å². The van der Waals surface area contributed by atoms with Crippen molar-refractivity contribution in [2.75, 3.05) is 26.8 Å². The number of primary amides is 1. The highest BCUT2D eigenvalue weighted by Gasteiger charge is 2.48. The van der Waals surface area contributed by atoms with Crippen molar-refractivity contribution in [2.24, 2.45) is 11.7 Å². The average molecular weight is 633 g/mol. The van der Waals surface area contributed by atoms with Gasteiger partial charge in [-0.15, -0.1) is 0 Å². The molecule has 11 heteroatoms. The number of rotatable bonds is 9. The van der Waals surface area contributed by atoms with Crippen molar-refractivity contribution < 1.29 is 32.2 Å². The number of alkyl halides is 1. The summed E-state index contributed by atoms with van der Waals surface area (Å²) in [6, 6.07) is 7.40. The molecule has 46 heavy (non-hydrogen) atoms. The Bertz CT molecular complexity index is 1920. The average Bonchev–Trinajstić information content (AvgIpc) is 3.98. The fourth-order valence-corrected chi connectivity index (χ4v) is 6.55. The number of hydrogen-bond donors (Lipinski definition) is 2. The van der Waals surface area contributed by atoms with E-state index in [9.17, 15) is 22.8 Å². The maximum atomic E-state index is 14.8. The minimum absolute atomic E-state index is 0.0150. The van der Waals surface area contributed by atoms with Crippen molar-refractivity contribution in [1.29, 1.82) is 0 Å². The first-order valence-corrected chi connectivity index (χ1v) is 15.5. The summed E-state index contributed by atoms with van der Waals surface area (Å²) < 4.78 is 54.9. The fourth-order valence-electron chi connectivity index (χ4n) is 6.55. The van der Waals surface area contributed by atoms with E-state index in [-0.39, 0.29) is 30.9 Å². The third-order valence-corrected chi connectivity index (χ3v) is 9.83. The van der Waals surface area contributed by atoms with Gasteiger partial charge in [0.25, 0.3) is 5.91 Å². The molecule has 1 aromatic heterocycles. The second-order valence-electron chi connectivity index (χ2n) is 13.1. The third kappa shape index (κ3) is 5.05. The van der Waals surface area contributed by atoms with Gasteiger partial charge in [-0.2, -0.15) is 0 Å². The van der Waals surface area contributed by atoms with Gasteiger partial charge in [0.15, 0.2) is 17.4 Å². The molecule has 3 heterocycles. The molecular formula is C35H35F3N4O4. The van der Waals surface area contributed by atoms with Gasteiger partial charge in [0.1, 0.15) is 29.2 Å². The number of benzene rings is 2. The van der Waals surface area contributed by atoms with E-state index in [4.69, 9.17) is 20.2 Å². The highest BCUT2D eigenvalue weighted by Crippen LogP contribution is 2.49. The first kappa shape index (κ1) is 30.1. The molecule has 7 rings (SSSR count). The van der Waals surface area contributed by atoms with Gasteiger partial charge in [-0.25, -0.2) is 18.2 Å². The summed E-state index contributed by atoms with van der Waals surface area (Å²) in [7, 11) is 1.54. The quantitative estimate of drug-likeness (QED) is 0.349. The Labute approximate surface area is 264 Å². The van der Waals surface area contributed by atoms with E-state index in [1.165, 1.54) is 7.11 Å². The van der Waals surface area contributed by atoms with Crippen molar-refractivity contribution in [3.05, 3.63) is 74.8 Å². The molecule has 2 atom stereocenters. The Kier molecular flexibility index (Phi) is 7.06. The number of amides is 2. The predicted octanol–water partition coefficient (Wildman–Crippen LogP) is 3.70. The molecule has 0 saturated heterocycles.